The molecule has 114 valence electrons. The standard InChI is InChI=1S/C16H19N5O/c1-4-8-17-15-10-16(19-11(2)18-15)21-14-7-5-6-13(9-14)20-12(3)22/h4-7,9-10H,1,8H2,2-3H3,(H,20,22)(H2,17,18,19,21). The molecule has 0 saturated carbocycles. The van der Waals surface area contributed by atoms with Crippen molar-refractivity contribution in [3.05, 3.63) is 48.8 Å². The van der Waals surface area contributed by atoms with Crippen molar-refractivity contribution >= 4 is 28.9 Å². The van der Waals surface area contributed by atoms with Crippen molar-refractivity contribution in [2.24, 2.45) is 0 Å². The Balaban J connectivity index is 2.17. The molecule has 3 N–H and O–H groups in total. The van der Waals surface area contributed by atoms with Gasteiger partial charge in [0.1, 0.15) is 17.5 Å². The van der Waals surface area contributed by atoms with Crippen molar-refractivity contribution in [1.82, 2.24) is 9.97 Å². The largest absolute Gasteiger partial charge is 0.366 e. The highest BCUT2D eigenvalue weighted by Gasteiger charge is 2.03. The number of hydrogen-bond donors (Lipinski definition) is 3. The minimum atomic E-state index is -0.106. The lowest BCUT2D eigenvalue weighted by atomic mass is 10.2. The van der Waals surface area contributed by atoms with Crippen molar-refractivity contribution in [2.75, 3.05) is 22.5 Å². The summed E-state index contributed by atoms with van der Waals surface area (Å²) in [5, 5.41) is 9.09. The molecule has 1 heterocycles. The van der Waals surface area contributed by atoms with Gasteiger partial charge in [-0.15, -0.1) is 6.58 Å². The molecule has 0 saturated heterocycles. The van der Waals surface area contributed by atoms with E-state index >= 15 is 0 Å². The molecular formula is C16H19N5O. The minimum absolute atomic E-state index is 0.106. The lowest BCUT2D eigenvalue weighted by Crippen LogP contribution is -2.06. The summed E-state index contributed by atoms with van der Waals surface area (Å²) in [6.07, 6.45) is 1.77. The number of nitrogens with zero attached hydrogens (tertiary/aromatic N) is 2. The third kappa shape index (κ3) is 4.59. The first-order chi connectivity index (χ1) is 10.6. The molecule has 6 heteroatoms. The Labute approximate surface area is 129 Å². The van der Waals surface area contributed by atoms with Crippen LogP contribution in [0.3, 0.4) is 0 Å². The number of hydrogen-bond acceptors (Lipinski definition) is 5. The fourth-order valence-electron chi connectivity index (χ4n) is 1.92. The first-order valence-corrected chi connectivity index (χ1v) is 6.92. The SMILES string of the molecule is C=CCNc1cc(Nc2cccc(NC(C)=O)c2)nc(C)n1. The molecule has 0 unspecified atom stereocenters. The van der Waals surface area contributed by atoms with Crippen LogP contribution in [0.5, 0.6) is 0 Å². The molecule has 0 aliphatic carbocycles. The summed E-state index contributed by atoms with van der Waals surface area (Å²) in [6.45, 7) is 7.61. The van der Waals surface area contributed by atoms with Gasteiger partial charge in [-0.2, -0.15) is 0 Å². The van der Waals surface area contributed by atoms with Gasteiger partial charge in [0, 0.05) is 30.9 Å². The van der Waals surface area contributed by atoms with Gasteiger partial charge in [-0.25, -0.2) is 9.97 Å². The van der Waals surface area contributed by atoms with Crippen LogP contribution >= 0.6 is 0 Å². The van der Waals surface area contributed by atoms with Crippen LogP contribution in [0, 0.1) is 6.92 Å². The van der Waals surface area contributed by atoms with Crippen LogP contribution in [-0.2, 0) is 4.79 Å². The van der Waals surface area contributed by atoms with Crippen molar-refractivity contribution in [3.63, 3.8) is 0 Å². The van der Waals surface area contributed by atoms with Gasteiger partial charge in [0.25, 0.3) is 0 Å². The molecule has 1 aromatic heterocycles. The summed E-state index contributed by atoms with van der Waals surface area (Å²) >= 11 is 0. The lowest BCUT2D eigenvalue weighted by molar-refractivity contribution is -0.114. The Bertz CT molecular complexity index is 684. The van der Waals surface area contributed by atoms with E-state index in [9.17, 15) is 4.79 Å². The number of amides is 1. The van der Waals surface area contributed by atoms with Crippen LogP contribution in [0.4, 0.5) is 23.0 Å². The Morgan fingerprint density at radius 2 is 1.95 bits per heavy atom. The molecule has 22 heavy (non-hydrogen) atoms. The van der Waals surface area contributed by atoms with Crippen molar-refractivity contribution in [1.29, 1.82) is 0 Å². The summed E-state index contributed by atoms with van der Waals surface area (Å²) in [7, 11) is 0. The average molecular weight is 297 g/mol. The van der Waals surface area contributed by atoms with Gasteiger partial charge in [0.05, 0.1) is 0 Å². The molecule has 1 aromatic carbocycles. The highest BCUT2D eigenvalue weighted by atomic mass is 16.1. The number of carbonyl (C=O) groups is 1. The maximum atomic E-state index is 11.1. The van der Waals surface area contributed by atoms with Crippen LogP contribution in [0.15, 0.2) is 43.0 Å². The maximum Gasteiger partial charge on any atom is 0.221 e. The van der Waals surface area contributed by atoms with E-state index in [4.69, 9.17) is 0 Å². The topological polar surface area (TPSA) is 78.9 Å². The van der Waals surface area contributed by atoms with E-state index in [1.165, 1.54) is 6.92 Å². The van der Waals surface area contributed by atoms with E-state index < -0.39 is 0 Å². The predicted octanol–water partition coefficient (Wildman–Crippen LogP) is 3.08. The Kier molecular flexibility index (Phi) is 5.08. The maximum absolute atomic E-state index is 11.1. The zero-order chi connectivity index (χ0) is 15.9. The summed E-state index contributed by atoms with van der Waals surface area (Å²) in [5.74, 6) is 1.97. The third-order valence-corrected chi connectivity index (χ3v) is 2.72. The molecule has 0 bridgehead atoms. The third-order valence-electron chi connectivity index (χ3n) is 2.72. The van der Waals surface area contributed by atoms with E-state index in [2.05, 4.69) is 32.5 Å². The lowest BCUT2D eigenvalue weighted by Gasteiger charge is -2.10. The molecule has 1 amide bonds. The molecule has 0 fully saturated rings. The summed E-state index contributed by atoms with van der Waals surface area (Å²) in [5.41, 5.74) is 1.56. The van der Waals surface area contributed by atoms with E-state index in [1.807, 2.05) is 37.3 Å². The summed E-state index contributed by atoms with van der Waals surface area (Å²) in [6, 6.07) is 9.25. The Morgan fingerprint density at radius 3 is 2.68 bits per heavy atom. The van der Waals surface area contributed by atoms with Crippen LogP contribution in [0.1, 0.15) is 12.7 Å². The van der Waals surface area contributed by atoms with Crippen molar-refractivity contribution in [2.45, 2.75) is 13.8 Å². The van der Waals surface area contributed by atoms with E-state index in [0.717, 1.165) is 17.2 Å². The van der Waals surface area contributed by atoms with Gasteiger partial charge in [-0.05, 0) is 25.1 Å². The Hall–Kier alpha value is -2.89. The molecule has 0 spiro atoms. The van der Waals surface area contributed by atoms with Gasteiger partial charge in [0.2, 0.25) is 5.91 Å². The number of nitrogens with one attached hydrogen (secondary N) is 3. The zero-order valence-electron chi connectivity index (χ0n) is 12.7. The number of carbonyl (C=O) groups excluding carboxylic acids is 1. The van der Waals surface area contributed by atoms with Gasteiger partial charge < -0.3 is 16.0 Å². The molecule has 2 rings (SSSR count). The van der Waals surface area contributed by atoms with Crippen molar-refractivity contribution in [3.8, 4) is 0 Å². The number of aromatic nitrogens is 2. The monoisotopic (exact) mass is 297 g/mol. The molecule has 0 aliphatic rings. The number of rotatable bonds is 6. The van der Waals surface area contributed by atoms with Gasteiger partial charge in [-0.3, -0.25) is 4.79 Å². The van der Waals surface area contributed by atoms with E-state index in [1.54, 1.807) is 6.08 Å². The number of anilines is 4. The normalized spacial score (nSPS) is 9.91. The van der Waals surface area contributed by atoms with Crippen LogP contribution in [-0.4, -0.2) is 22.4 Å². The second-order valence-electron chi connectivity index (χ2n) is 4.74. The smallest absolute Gasteiger partial charge is 0.221 e. The van der Waals surface area contributed by atoms with Crippen LogP contribution in [0.25, 0.3) is 0 Å². The molecule has 0 aliphatic heterocycles. The zero-order valence-corrected chi connectivity index (χ0v) is 12.7. The summed E-state index contributed by atoms with van der Waals surface area (Å²) in [4.78, 5) is 19.8. The summed E-state index contributed by atoms with van der Waals surface area (Å²) < 4.78 is 0. The minimum Gasteiger partial charge on any atom is -0.366 e. The Morgan fingerprint density at radius 1 is 1.23 bits per heavy atom. The molecular weight excluding hydrogens is 278 g/mol. The number of aryl methyl sites for hydroxylation is 1. The van der Waals surface area contributed by atoms with Gasteiger partial charge in [0.15, 0.2) is 0 Å². The number of benzene rings is 1. The molecule has 2 aromatic rings. The fourth-order valence-corrected chi connectivity index (χ4v) is 1.92. The first-order valence-electron chi connectivity index (χ1n) is 6.92. The predicted molar refractivity (Wildman–Crippen MR) is 89.5 cm³/mol. The molecule has 6 nitrogen and oxygen atoms in total. The first kappa shape index (κ1) is 15.5. The highest BCUT2D eigenvalue weighted by molar-refractivity contribution is 5.89. The average Bonchev–Trinajstić information content (AvgIpc) is 2.44. The second kappa shape index (κ2) is 7.21. The van der Waals surface area contributed by atoms with E-state index in [-0.39, 0.29) is 5.91 Å². The van der Waals surface area contributed by atoms with Gasteiger partial charge >= 0.3 is 0 Å². The van der Waals surface area contributed by atoms with Crippen molar-refractivity contribution < 1.29 is 4.79 Å². The second-order valence-corrected chi connectivity index (χ2v) is 4.74. The van der Waals surface area contributed by atoms with Gasteiger partial charge in [-0.1, -0.05) is 12.1 Å². The van der Waals surface area contributed by atoms with E-state index in [0.29, 0.717) is 18.2 Å². The van der Waals surface area contributed by atoms with Crippen LogP contribution < -0.4 is 16.0 Å². The molecule has 0 atom stereocenters. The fraction of sp³-hybridized carbons (Fsp3) is 0.188. The van der Waals surface area contributed by atoms with Crippen LogP contribution in [0.2, 0.25) is 0 Å². The molecule has 0 radical (unpaired) electrons. The quantitative estimate of drug-likeness (QED) is 0.714. The highest BCUT2D eigenvalue weighted by Crippen LogP contribution is 2.20.